The Hall–Kier alpha value is -2.97. The number of rotatable bonds is 4. The molecule has 1 aromatic heterocycles. The first-order chi connectivity index (χ1) is 12.3. The minimum Gasteiger partial charge on any atom is -0.480 e. The van der Waals surface area contributed by atoms with Crippen LogP contribution in [0.15, 0.2) is 40.8 Å². The van der Waals surface area contributed by atoms with E-state index in [4.69, 9.17) is 9.52 Å². The summed E-state index contributed by atoms with van der Waals surface area (Å²) in [6.07, 6.45) is -3.97. The summed E-state index contributed by atoms with van der Waals surface area (Å²) in [6.45, 7) is 0.277. The van der Waals surface area contributed by atoms with Crippen LogP contribution < -0.4 is 4.74 Å². The van der Waals surface area contributed by atoms with Gasteiger partial charge in [-0.05, 0) is 37.1 Å². The molecule has 1 amide bonds. The Kier molecular flexibility index (Phi) is 4.62. The summed E-state index contributed by atoms with van der Waals surface area (Å²) >= 11 is 0. The fourth-order valence-corrected chi connectivity index (χ4v) is 2.89. The van der Waals surface area contributed by atoms with Gasteiger partial charge in [-0.2, -0.15) is 0 Å². The summed E-state index contributed by atoms with van der Waals surface area (Å²) in [5.74, 6) is -2.31. The van der Waals surface area contributed by atoms with Crippen LogP contribution >= 0.6 is 0 Å². The maximum Gasteiger partial charge on any atom is 0.573 e. The predicted molar refractivity (Wildman–Crippen MR) is 82.5 cm³/mol. The van der Waals surface area contributed by atoms with Crippen LogP contribution in [0, 0.1) is 0 Å². The highest BCUT2D eigenvalue weighted by molar-refractivity contribution is 5.95. The quantitative estimate of drug-likeness (QED) is 0.892. The Bertz CT molecular complexity index is 830. The highest BCUT2D eigenvalue weighted by Crippen LogP contribution is 2.35. The zero-order valence-electron chi connectivity index (χ0n) is 13.3. The summed E-state index contributed by atoms with van der Waals surface area (Å²) in [5.41, 5.74) is 0.0279. The fourth-order valence-electron chi connectivity index (χ4n) is 2.89. The van der Waals surface area contributed by atoms with Crippen molar-refractivity contribution < 1.29 is 37.0 Å². The van der Waals surface area contributed by atoms with Crippen LogP contribution in [-0.4, -0.2) is 40.8 Å². The van der Waals surface area contributed by atoms with Gasteiger partial charge < -0.3 is 19.2 Å². The highest BCUT2D eigenvalue weighted by atomic mass is 19.4. The molecule has 1 atom stereocenters. The van der Waals surface area contributed by atoms with E-state index in [0.717, 1.165) is 6.07 Å². The SMILES string of the molecule is O=C(O)C1CCCN1C(=O)c1ccc(-c2ccccc2OC(F)(F)F)o1. The molecule has 26 heavy (non-hydrogen) atoms. The predicted octanol–water partition coefficient (Wildman–Crippen LogP) is 3.53. The lowest BCUT2D eigenvalue weighted by molar-refractivity contribution is -0.274. The van der Waals surface area contributed by atoms with Crippen LogP contribution in [-0.2, 0) is 4.79 Å². The molecule has 2 aromatic rings. The number of alkyl halides is 3. The number of carbonyl (C=O) groups is 2. The molecular formula is C17H14F3NO5. The lowest BCUT2D eigenvalue weighted by atomic mass is 10.1. The molecule has 0 aliphatic carbocycles. The molecule has 1 unspecified atom stereocenters. The summed E-state index contributed by atoms with van der Waals surface area (Å²) in [5, 5.41) is 9.16. The lowest BCUT2D eigenvalue weighted by Gasteiger charge is -2.19. The number of ether oxygens (including phenoxy) is 1. The van der Waals surface area contributed by atoms with Crippen LogP contribution in [0.3, 0.4) is 0 Å². The molecule has 1 saturated heterocycles. The van der Waals surface area contributed by atoms with E-state index in [1.54, 1.807) is 0 Å². The van der Waals surface area contributed by atoms with Crippen LogP contribution in [0.2, 0.25) is 0 Å². The summed E-state index contributed by atoms with van der Waals surface area (Å²) in [6, 6.07) is 7.09. The Labute approximate surface area is 145 Å². The van der Waals surface area contributed by atoms with Crippen molar-refractivity contribution in [2.24, 2.45) is 0 Å². The topological polar surface area (TPSA) is 80.0 Å². The van der Waals surface area contributed by atoms with Crippen molar-refractivity contribution in [3.63, 3.8) is 0 Å². The normalized spacial score (nSPS) is 17.3. The number of aliphatic carboxylic acids is 1. The summed E-state index contributed by atoms with van der Waals surface area (Å²) in [4.78, 5) is 24.9. The van der Waals surface area contributed by atoms with Crippen molar-refractivity contribution in [3.8, 4) is 17.1 Å². The van der Waals surface area contributed by atoms with E-state index in [1.165, 1.54) is 35.2 Å². The number of carboxylic acid groups (broad SMARTS) is 1. The van der Waals surface area contributed by atoms with Gasteiger partial charge in [-0.3, -0.25) is 4.79 Å². The van der Waals surface area contributed by atoms with E-state index in [0.29, 0.717) is 12.8 Å². The molecule has 1 N–H and O–H groups in total. The maximum atomic E-state index is 12.5. The Balaban J connectivity index is 1.87. The van der Waals surface area contributed by atoms with Crippen LogP contribution in [0.1, 0.15) is 23.4 Å². The number of para-hydroxylation sites is 1. The van der Waals surface area contributed by atoms with Crippen LogP contribution in [0.25, 0.3) is 11.3 Å². The Morgan fingerprint density at radius 1 is 1.19 bits per heavy atom. The van der Waals surface area contributed by atoms with Crippen molar-refractivity contribution in [1.29, 1.82) is 0 Å². The fraction of sp³-hybridized carbons (Fsp3) is 0.294. The molecule has 1 aliphatic heterocycles. The van der Waals surface area contributed by atoms with Gasteiger partial charge in [0.25, 0.3) is 5.91 Å². The first kappa shape index (κ1) is 17.8. The Morgan fingerprint density at radius 2 is 1.92 bits per heavy atom. The van der Waals surface area contributed by atoms with Gasteiger partial charge in [0.2, 0.25) is 0 Å². The van der Waals surface area contributed by atoms with Crippen molar-refractivity contribution in [1.82, 2.24) is 4.90 Å². The molecule has 2 heterocycles. The van der Waals surface area contributed by atoms with E-state index in [1.807, 2.05) is 0 Å². The lowest BCUT2D eigenvalue weighted by Crippen LogP contribution is -2.40. The molecule has 1 aliphatic rings. The minimum atomic E-state index is -4.87. The Morgan fingerprint density at radius 3 is 2.62 bits per heavy atom. The van der Waals surface area contributed by atoms with Crippen molar-refractivity contribution >= 4 is 11.9 Å². The first-order valence-corrected chi connectivity index (χ1v) is 7.75. The van der Waals surface area contributed by atoms with Gasteiger partial charge in [-0.1, -0.05) is 12.1 Å². The maximum absolute atomic E-state index is 12.5. The number of halogens is 3. The number of carboxylic acids is 1. The van der Waals surface area contributed by atoms with E-state index in [9.17, 15) is 22.8 Å². The molecule has 1 aromatic carbocycles. The molecule has 0 saturated carbocycles. The number of furan rings is 1. The van der Waals surface area contributed by atoms with Gasteiger partial charge >= 0.3 is 12.3 Å². The standard InChI is InChI=1S/C17H14F3NO5/c18-17(19,20)26-13-6-2-1-4-10(13)12-7-8-14(25-12)15(22)21-9-3-5-11(21)16(23)24/h1-2,4,6-8,11H,3,5,9H2,(H,23,24). The first-order valence-electron chi connectivity index (χ1n) is 7.75. The van der Waals surface area contributed by atoms with Crippen LogP contribution in [0.5, 0.6) is 5.75 Å². The average Bonchev–Trinajstić information content (AvgIpc) is 3.23. The molecule has 0 bridgehead atoms. The largest absolute Gasteiger partial charge is 0.573 e. The zero-order valence-corrected chi connectivity index (χ0v) is 13.3. The summed E-state index contributed by atoms with van der Waals surface area (Å²) in [7, 11) is 0. The van der Waals surface area contributed by atoms with Gasteiger partial charge in [0.15, 0.2) is 5.76 Å². The number of benzene rings is 1. The molecule has 1 fully saturated rings. The third-order valence-electron chi connectivity index (χ3n) is 3.99. The number of nitrogens with zero attached hydrogens (tertiary/aromatic N) is 1. The van der Waals surface area contributed by atoms with Gasteiger partial charge in [0.1, 0.15) is 17.6 Å². The van der Waals surface area contributed by atoms with Crippen LogP contribution in [0.4, 0.5) is 13.2 Å². The molecule has 0 spiro atoms. The highest BCUT2D eigenvalue weighted by Gasteiger charge is 2.36. The molecular weight excluding hydrogens is 355 g/mol. The third-order valence-corrected chi connectivity index (χ3v) is 3.99. The van der Waals surface area contributed by atoms with Gasteiger partial charge in [0, 0.05) is 6.54 Å². The minimum absolute atomic E-state index is 0.0132. The second-order valence-corrected chi connectivity index (χ2v) is 5.70. The third kappa shape index (κ3) is 3.66. The molecule has 138 valence electrons. The molecule has 9 heteroatoms. The van der Waals surface area contributed by atoms with Crippen molar-refractivity contribution in [2.45, 2.75) is 25.2 Å². The zero-order chi connectivity index (χ0) is 18.9. The number of hydrogen-bond donors (Lipinski definition) is 1. The second-order valence-electron chi connectivity index (χ2n) is 5.70. The van der Waals surface area contributed by atoms with Gasteiger partial charge in [-0.25, -0.2) is 4.79 Å². The molecule has 3 rings (SSSR count). The monoisotopic (exact) mass is 369 g/mol. The molecule has 0 radical (unpaired) electrons. The number of carbonyl (C=O) groups excluding carboxylic acids is 1. The number of hydrogen-bond acceptors (Lipinski definition) is 4. The average molecular weight is 369 g/mol. The number of likely N-dealkylation sites (tertiary alicyclic amines) is 1. The van der Waals surface area contributed by atoms with Gasteiger partial charge in [0.05, 0.1) is 5.56 Å². The number of amides is 1. The smallest absolute Gasteiger partial charge is 0.480 e. The van der Waals surface area contributed by atoms with Gasteiger partial charge in [-0.15, -0.1) is 13.2 Å². The summed E-state index contributed by atoms with van der Waals surface area (Å²) < 4.78 is 46.9. The second kappa shape index (κ2) is 6.74. The van der Waals surface area contributed by atoms with E-state index >= 15 is 0 Å². The van der Waals surface area contributed by atoms with E-state index in [-0.39, 0.29) is 23.6 Å². The van der Waals surface area contributed by atoms with Crippen molar-refractivity contribution in [2.75, 3.05) is 6.54 Å². The molecule has 6 nitrogen and oxygen atoms in total. The van der Waals surface area contributed by atoms with E-state index in [2.05, 4.69) is 4.74 Å². The van der Waals surface area contributed by atoms with E-state index < -0.39 is 30.0 Å². The van der Waals surface area contributed by atoms with Crippen molar-refractivity contribution in [3.05, 3.63) is 42.2 Å².